The molecule has 0 unspecified atom stereocenters. The number of aromatic carboxylic acids is 1. The number of rotatable bonds is 4. The minimum atomic E-state index is -0.977. The minimum absolute atomic E-state index is 0.209. The molecule has 2 heterocycles. The maximum Gasteiger partial charge on any atom is 0.335 e. The number of aliphatic imine (C=N–C) groups is 1. The van der Waals surface area contributed by atoms with Crippen LogP contribution in [0.15, 0.2) is 45.8 Å². The number of carboxylic acids is 1. The number of carbonyl (C=O) groups is 1. The van der Waals surface area contributed by atoms with Crippen molar-refractivity contribution in [1.82, 2.24) is 0 Å². The highest BCUT2D eigenvalue weighted by Gasteiger charge is 2.32. The Kier molecular flexibility index (Phi) is 5.55. The number of nitrogens with zero attached hydrogens (tertiary/aromatic N) is 2. The number of hydrogen-bond acceptors (Lipinski definition) is 5. The first-order valence-corrected chi connectivity index (χ1v) is 11.1. The molecule has 0 saturated heterocycles. The Labute approximate surface area is 185 Å². The van der Waals surface area contributed by atoms with E-state index in [2.05, 4.69) is 31.8 Å². The maximum atomic E-state index is 11.2. The molecule has 0 fully saturated rings. The number of hydrogen-bond donors (Lipinski definition) is 1. The van der Waals surface area contributed by atoms with Crippen molar-refractivity contribution in [3.05, 3.63) is 63.7 Å². The summed E-state index contributed by atoms with van der Waals surface area (Å²) in [5.41, 5.74) is 2.99. The topological polar surface area (TPSA) is 86.6 Å². The Hall–Kier alpha value is -3.17. The molecule has 1 atom stereocenters. The molecule has 158 valence electrons. The van der Waals surface area contributed by atoms with E-state index >= 15 is 0 Å². The molecule has 5 nitrogen and oxygen atoms in total. The Morgan fingerprint density at radius 2 is 2.13 bits per heavy atom. The smallest absolute Gasteiger partial charge is 0.335 e. The summed E-state index contributed by atoms with van der Waals surface area (Å²) in [6.07, 6.45) is 4.65. The zero-order valence-corrected chi connectivity index (χ0v) is 18.6. The van der Waals surface area contributed by atoms with E-state index in [1.54, 1.807) is 53.9 Å². The molecule has 1 N–H and O–H groups in total. The van der Waals surface area contributed by atoms with Crippen molar-refractivity contribution in [3.63, 3.8) is 0 Å². The molecule has 3 aromatic rings. The van der Waals surface area contributed by atoms with Crippen LogP contribution in [0.5, 0.6) is 0 Å². The van der Waals surface area contributed by atoms with Crippen LogP contribution in [0, 0.1) is 22.7 Å². The second-order valence-corrected chi connectivity index (χ2v) is 10.0. The Morgan fingerprint density at radius 1 is 1.32 bits per heavy atom. The number of furan rings is 1. The highest BCUT2D eigenvalue weighted by molar-refractivity contribution is 7.16. The van der Waals surface area contributed by atoms with Crippen LogP contribution in [0.25, 0.3) is 11.3 Å². The van der Waals surface area contributed by atoms with E-state index in [0.29, 0.717) is 28.6 Å². The Balaban J connectivity index is 1.58. The first-order valence-electron chi connectivity index (χ1n) is 10.3. The van der Waals surface area contributed by atoms with Gasteiger partial charge in [-0.2, -0.15) is 5.26 Å². The van der Waals surface area contributed by atoms with Gasteiger partial charge in [-0.3, -0.25) is 0 Å². The molecule has 1 aliphatic carbocycles. The van der Waals surface area contributed by atoms with Crippen LogP contribution in [-0.2, 0) is 12.8 Å². The molecule has 0 radical (unpaired) electrons. The quantitative estimate of drug-likeness (QED) is 0.478. The number of carboxylic acid groups (broad SMARTS) is 1. The number of nitriles is 1. The summed E-state index contributed by atoms with van der Waals surface area (Å²) in [5.74, 6) is 0.757. The van der Waals surface area contributed by atoms with Crippen LogP contribution >= 0.6 is 11.3 Å². The fourth-order valence-corrected chi connectivity index (χ4v) is 5.24. The van der Waals surface area contributed by atoms with Gasteiger partial charge >= 0.3 is 5.97 Å². The lowest BCUT2D eigenvalue weighted by Gasteiger charge is -2.33. The van der Waals surface area contributed by atoms with Gasteiger partial charge in [0.25, 0.3) is 0 Å². The van der Waals surface area contributed by atoms with E-state index in [0.717, 1.165) is 29.8 Å². The Bertz CT molecular complexity index is 1200. The van der Waals surface area contributed by atoms with Crippen molar-refractivity contribution in [1.29, 1.82) is 5.26 Å². The normalized spacial score (nSPS) is 16.3. The first kappa shape index (κ1) is 21.1. The molecule has 0 saturated carbocycles. The van der Waals surface area contributed by atoms with Gasteiger partial charge in [-0.25, -0.2) is 9.79 Å². The lowest BCUT2D eigenvalue weighted by atomic mass is 9.72. The molecule has 1 aromatic carbocycles. The van der Waals surface area contributed by atoms with Gasteiger partial charge in [-0.05, 0) is 60.4 Å². The summed E-state index contributed by atoms with van der Waals surface area (Å²) >= 11 is 1.61. The minimum Gasteiger partial charge on any atom is -0.478 e. The van der Waals surface area contributed by atoms with Gasteiger partial charge in [0.15, 0.2) is 0 Å². The summed E-state index contributed by atoms with van der Waals surface area (Å²) in [6, 6.07) is 12.6. The van der Waals surface area contributed by atoms with Crippen LogP contribution in [0.2, 0.25) is 0 Å². The number of benzene rings is 1. The average Bonchev–Trinajstić information content (AvgIpc) is 3.35. The van der Waals surface area contributed by atoms with Gasteiger partial charge in [0, 0.05) is 10.4 Å². The van der Waals surface area contributed by atoms with E-state index < -0.39 is 5.97 Å². The summed E-state index contributed by atoms with van der Waals surface area (Å²) in [5, 5.41) is 19.6. The molecule has 31 heavy (non-hydrogen) atoms. The molecule has 1 aliphatic rings. The second-order valence-electron chi connectivity index (χ2n) is 8.95. The SMILES string of the molecule is CC(C)(C)[C@@H]1CCc2c(sc(N=Cc3ccc(-c4cccc(C(=O)O)c4)o3)c2C#N)C1. The highest BCUT2D eigenvalue weighted by atomic mass is 32.1. The lowest BCUT2D eigenvalue weighted by molar-refractivity contribution is 0.0697. The summed E-state index contributed by atoms with van der Waals surface area (Å²) < 4.78 is 5.84. The highest BCUT2D eigenvalue weighted by Crippen LogP contribution is 2.44. The maximum absolute atomic E-state index is 11.2. The monoisotopic (exact) mass is 432 g/mol. The third-order valence-electron chi connectivity index (χ3n) is 5.91. The van der Waals surface area contributed by atoms with Crippen molar-refractivity contribution in [3.8, 4) is 17.4 Å². The van der Waals surface area contributed by atoms with Crippen molar-refractivity contribution in [2.75, 3.05) is 0 Å². The summed E-state index contributed by atoms with van der Waals surface area (Å²) in [6.45, 7) is 6.84. The van der Waals surface area contributed by atoms with E-state index in [1.165, 1.54) is 4.88 Å². The molecule has 6 heteroatoms. The molecular formula is C25H24N2O3S. The van der Waals surface area contributed by atoms with Crippen LogP contribution in [-0.4, -0.2) is 17.3 Å². The number of fused-ring (bicyclic) bond motifs is 1. The Morgan fingerprint density at radius 3 is 2.84 bits per heavy atom. The third-order valence-corrected chi connectivity index (χ3v) is 7.08. The van der Waals surface area contributed by atoms with Crippen LogP contribution in [0.4, 0.5) is 5.00 Å². The van der Waals surface area contributed by atoms with Gasteiger partial charge in [-0.1, -0.05) is 32.9 Å². The predicted molar refractivity (Wildman–Crippen MR) is 122 cm³/mol. The van der Waals surface area contributed by atoms with Crippen molar-refractivity contribution in [2.45, 2.75) is 40.0 Å². The second kappa shape index (κ2) is 8.16. The van der Waals surface area contributed by atoms with E-state index in [-0.39, 0.29) is 11.0 Å². The fourth-order valence-electron chi connectivity index (χ4n) is 4.02. The van der Waals surface area contributed by atoms with Gasteiger partial charge < -0.3 is 9.52 Å². The van der Waals surface area contributed by atoms with Crippen LogP contribution in [0.3, 0.4) is 0 Å². The zero-order valence-electron chi connectivity index (χ0n) is 17.8. The van der Waals surface area contributed by atoms with Crippen molar-refractivity contribution < 1.29 is 14.3 Å². The standard InChI is InChI=1S/C25H24N2O3S/c1-25(2,3)17-7-9-19-20(13-26)23(31-22(19)12-17)27-14-18-8-10-21(30-18)15-5-4-6-16(11-15)24(28)29/h4-6,8,10-11,14,17H,7,9,12H2,1-3H3,(H,28,29)/t17-/m1/s1. The van der Waals surface area contributed by atoms with Gasteiger partial charge in [-0.15, -0.1) is 11.3 Å². The summed E-state index contributed by atoms with van der Waals surface area (Å²) in [7, 11) is 0. The van der Waals surface area contributed by atoms with Gasteiger partial charge in [0.2, 0.25) is 0 Å². The molecule has 0 aliphatic heterocycles. The third kappa shape index (κ3) is 4.33. The molecule has 0 amide bonds. The fraction of sp³-hybridized carbons (Fsp3) is 0.320. The first-order chi connectivity index (χ1) is 14.8. The largest absolute Gasteiger partial charge is 0.478 e. The molecular weight excluding hydrogens is 408 g/mol. The number of thiophene rings is 1. The lowest BCUT2D eigenvalue weighted by Crippen LogP contribution is -2.26. The predicted octanol–water partition coefficient (Wildman–Crippen LogP) is 6.48. The molecule has 0 bridgehead atoms. The van der Waals surface area contributed by atoms with Crippen molar-refractivity contribution >= 4 is 28.5 Å². The molecule has 2 aromatic heterocycles. The van der Waals surface area contributed by atoms with Crippen molar-refractivity contribution in [2.24, 2.45) is 16.3 Å². The molecule has 0 spiro atoms. The zero-order chi connectivity index (χ0) is 22.2. The van der Waals surface area contributed by atoms with E-state index in [1.807, 2.05) is 0 Å². The van der Waals surface area contributed by atoms with Crippen LogP contribution in [0.1, 0.15) is 59.3 Å². The van der Waals surface area contributed by atoms with E-state index in [4.69, 9.17) is 4.42 Å². The summed E-state index contributed by atoms with van der Waals surface area (Å²) in [4.78, 5) is 17.0. The van der Waals surface area contributed by atoms with Gasteiger partial charge in [0.05, 0.1) is 17.3 Å². The van der Waals surface area contributed by atoms with Gasteiger partial charge in [0.1, 0.15) is 22.6 Å². The van der Waals surface area contributed by atoms with E-state index in [9.17, 15) is 15.2 Å². The molecule has 4 rings (SSSR count). The van der Waals surface area contributed by atoms with Crippen LogP contribution < -0.4 is 0 Å². The average molecular weight is 433 g/mol.